The van der Waals surface area contributed by atoms with Crippen LogP contribution in [0, 0.1) is 5.92 Å². The van der Waals surface area contributed by atoms with Crippen molar-refractivity contribution in [3.63, 3.8) is 0 Å². The molecule has 1 aromatic carbocycles. The summed E-state index contributed by atoms with van der Waals surface area (Å²) in [4.78, 5) is 31.6. The number of amides is 1. The molecule has 1 aliphatic heterocycles. The van der Waals surface area contributed by atoms with Gasteiger partial charge < -0.3 is 9.64 Å². The molecule has 0 bridgehead atoms. The Bertz CT molecular complexity index is 794. The number of hydrogen-bond donors (Lipinski definition) is 0. The molecule has 0 radical (unpaired) electrons. The maximum atomic E-state index is 13.3. The molecule has 4 atom stereocenters. The molecule has 0 N–H and O–H groups in total. The Kier molecular flexibility index (Phi) is 7.56. The number of ketones is 1. The zero-order chi connectivity index (χ0) is 20.8. The summed E-state index contributed by atoms with van der Waals surface area (Å²) in [7, 11) is 1.65. The van der Waals surface area contributed by atoms with Crippen LogP contribution in [0.3, 0.4) is 0 Å². The van der Waals surface area contributed by atoms with Gasteiger partial charge in [0, 0.05) is 50.4 Å². The van der Waals surface area contributed by atoms with Crippen molar-refractivity contribution in [1.29, 1.82) is 0 Å². The number of aromatic nitrogens is 1. The Labute approximate surface area is 177 Å². The van der Waals surface area contributed by atoms with E-state index >= 15 is 0 Å². The van der Waals surface area contributed by atoms with Crippen LogP contribution in [0.15, 0.2) is 41.9 Å². The Balaban J connectivity index is 1.73. The lowest BCUT2D eigenvalue weighted by Crippen LogP contribution is -2.47. The minimum Gasteiger partial charge on any atom is -0.379 e. The molecule has 3 rings (SSSR count). The van der Waals surface area contributed by atoms with E-state index < -0.39 is 0 Å². The fraction of sp³-hybridized carbons (Fsp3) is 0.522. The van der Waals surface area contributed by atoms with Gasteiger partial charge in [-0.25, -0.2) is 4.98 Å². The molecular formula is C23H30N2O3S. The minimum absolute atomic E-state index is 0.0242. The van der Waals surface area contributed by atoms with E-state index in [0.29, 0.717) is 6.42 Å². The third-order valence-corrected chi connectivity index (χ3v) is 6.87. The summed E-state index contributed by atoms with van der Waals surface area (Å²) in [6, 6.07) is 10.2. The van der Waals surface area contributed by atoms with E-state index in [2.05, 4.69) is 17.1 Å². The molecule has 5 nitrogen and oxygen atoms in total. The number of carbonyl (C=O) groups is 2. The number of nitrogens with zero attached hydrogens (tertiary/aromatic N) is 2. The van der Waals surface area contributed by atoms with E-state index in [9.17, 15) is 9.59 Å². The van der Waals surface area contributed by atoms with Crippen molar-refractivity contribution in [2.45, 2.75) is 57.6 Å². The molecule has 1 aliphatic rings. The molecule has 0 spiro atoms. The molecule has 2 aromatic rings. The van der Waals surface area contributed by atoms with E-state index in [-0.39, 0.29) is 35.7 Å². The summed E-state index contributed by atoms with van der Waals surface area (Å²) in [5, 5.41) is 2.96. The minimum atomic E-state index is -0.275. The largest absolute Gasteiger partial charge is 0.379 e. The van der Waals surface area contributed by atoms with Crippen molar-refractivity contribution < 1.29 is 14.3 Å². The van der Waals surface area contributed by atoms with E-state index in [0.717, 1.165) is 30.8 Å². The number of Topliss-reactive ketones (excluding diaryl/α,β-unsaturated/α-hetero) is 1. The number of benzene rings is 1. The average molecular weight is 415 g/mol. The molecule has 1 saturated heterocycles. The first kappa shape index (κ1) is 21.7. The van der Waals surface area contributed by atoms with Gasteiger partial charge in [0.2, 0.25) is 5.91 Å². The van der Waals surface area contributed by atoms with Crippen molar-refractivity contribution in [2.24, 2.45) is 5.92 Å². The summed E-state index contributed by atoms with van der Waals surface area (Å²) in [6.45, 7) is 4.28. The van der Waals surface area contributed by atoms with Crippen molar-refractivity contribution in [3.8, 4) is 0 Å². The van der Waals surface area contributed by atoms with Crippen molar-refractivity contribution in [2.75, 3.05) is 13.7 Å². The Hall–Kier alpha value is -2.05. The standard InChI is InChI=1S/C23H30N2O3S/c1-16(22(28-3)20-10-7-12-25(20)17(2)26)21(27)15-19(23-24-11-13-29-23)14-18-8-5-4-6-9-18/h4-6,8-9,11,13,16,19-20,22H,7,10,12,14-15H2,1-3H3/t16-,19+,20-,22+/m0/s1. The van der Waals surface area contributed by atoms with Crippen LogP contribution in [0.4, 0.5) is 0 Å². The third kappa shape index (κ3) is 5.31. The fourth-order valence-electron chi connectivity index (χ4n) is 4.41. The first-order chi connectivity index (χ1) is 14.0. The second kappa shape index (κ2) is 10.1. The molecule has 1 fully saturated rings. The monoisotopic (exact) mass is 414 g/mol. The second-order valence-corrected chi connectivity index (χ2v) is 8.76. The Morgan fingerprint density at radius 3 is 2.69 bits per heavy atom. The molecule has 29 heavy (non-hydrogen) atoms. The average Bonchev–Trinajstić information content (AvgIpc) is 3.41. The first-order valence-corrected chi connectivity index (χ1v) is 11.1. The number of rotatable bonds is 9. The van der Waals surface area contributed by atoms with E-state index in [4.69, 9.17) is 4.74 Å². The van der Waals surface area contributed by atoms with Crippen LogP contribution in [0.2, 0.25) is 0 Å². The highest BCUT2D eigenvalue weighted by Gasteiger charge is 2.39. The van der Waals surface area contributed by atoms with Crippen LogP contribution in [0.5, 0.6) is 0 Å². The van der Waals surface area contributed by atoms with E-state index in [1.807, 2.05) is 35.4 Å². The van der Waals surface area contributed by atoms with Crippen molar-refractivity contribution >= 4 is 23.0 Å². The predicted octanol–water partition coefficient (Wildman–Crippen LogP) is 4.09. The van der Waals surface area contributed by atoms with E-state index in [1.165, 1.54) is 5.56 Å². The van der Waals surface area contributed by atoms with Gasteiger partial charge in [0.1, 0.15) is 5.78 Å². The molecule has 1 aromatic heterocycles. The quantitative estimate of drug-likeness (QED) is 0.620. The molecule has 0 aliphatic carbocycles. The normalized spacial score (nSPS) is 19.7. The zero-order valence-corrected chi connectivity index (χ0v) is 18.2. The van der Waals surface area contributed by atoms with Crippen LogP contribution in [-0.4, -0.2) is 47.4 Å². The summed E-state index contributed by atoms with van der Waals surface area (Å²) >= 11 is 1.60. The van der Waals surface area contributed by atoms with Crippen molar-refractivity contribution in [1.82, 2.24) is 9.88 Å². The topological polar surface area (TPSA) is 59.5 Å². The SMILES string of the molecule is CO[C@H]([C@@H](C)C(=O)C[C@@H](Cc1ccccc1)c1nccs1)[C@@H]1CCCN1C(C)=O. The van der Waals surface area contributed by atoms with Gasteiger partial charge in [0.05, 0.1) is 17.2 Å². The molecule has 1 amide bonds. The highest BCUT2D eigenvalue weighted by molar-refractivity contribution is 7.09. The fourth-order valence-corrected chi connectivity index (χ4v) is 5.15. The number of carbonyl (C=O) groups excluding carboxylic acids is 2. The number of likely N-dealkylation sites (tertiary alicyclic amines) is 1. The third-order valence-electron chi connectivity index (χ3n) is 5.93. The van der Waals surface area contributed by atoms with Crippen LogP contribution >= 0.6 is 11.3 Å². The van der Waals surface area contributed by atoms with Gasteiger partial charge in [0.15, 0.2) is 0 Å². The maximum absolute atomic E-state index is 13.3. The Morgan fingerprint density at radius 1 is 1.31 bits per heavy atom. The maximum Gasteiger partial charge on any atom is 0.219 e. The van der Waals surface area contributed by atoms with Crippen LogP contribution in [0.25, 0.3) is 0 Å². The van der Waals surface area contributed by atoms with Gasteiger partial charge in [-0.15, -0.1) is 11.3 Å². The number of thiazole rings is 1. The highest BCUT2D eigenvalue weighted by Crippen LogP contribution is 2.31. The summed E-state index contributed by atoms with van der Waals surface area (Å²) in [5.74, 6) is 0.00264. The summed E-state index contributed by atoms with van der Waals surface area (Å²) in [5.41, 5.74) is 1.20. The lowest BCUT2D eigenvalue weighted by atomic mass is 9.86. The summed E-state index contributed by atoms with van der Waals surface area (Å²) in [6.07, 6.45) is 4.58. The number of methoxy groups -OCH3 is 1. The smallest absolute Gasteiger partial charge is 0.219 e. The highest BCUT2D eigenvalue weighted by atomic mass is 32.1. The van der Waals surface area contributed by atoms with Gasteiger partial charge in [-0.1, -0.05) is 37.3 Å². The van der Waals surface area contributed by atoms with Gasteiger partial charge in [0.25, 0.3) is 0 Å². The zero-order valence-electron chi connectivity index (χ0n) is 17.4. The lowest BCUT2D eigenvalue weighted by Gasteiger charge is -2.33. The van der Waals surface area contributed by atoms with Crippen LogP contribution in [-0.2, 0) is 20.7 Å². The molecule has 6 heteroatoms. The van der Waals surface area contributed by atoms with Gasteiger partial charge in [-0.2, -0.15) is 0 Å². The van der Waals surface area contributed by atoms with Crippen LogP contribution in [0.1, 0.15) is 49.6 Å². The van der Waals surface area contributed by atoms with Gasteiger partial charge in [-0.05, 0) is 24.8 Å². The summed E-state index contributed by atoms with van der Waals surface area (Å²) < 4.78 is 5.76. The van der Waals surface area contributed by atoms with Crippen molar-refractivity contribution in [3.05, 3.63) is 52.5 Å². The molecule has 0 saturated carbocycles. The Morgan fingerprint density at radius 2 is 2.07 bits per heavy atom. The second-order valence-electron chi connectivity index (χ2n) is 7.84. The molecular weight excluding hydrogens is 384 g/mol. The molecule has 156 valence electrons. The molecule has 0 unspecified atom stereocenters. The number of ether oxygens (including phenoxy) is 1. The van der Waals surface area contributed by atoms with Gasteiger partial charge >= 0.3 is 0 Å². The lowest BCUT2D eigenvalue weighted by molar-refractivity contribution is -0.137. The molecule has 2 heterocycles. The number of hydrogen-bond acceptors (Lipinski definition) is 5. The van der Waals surface area contributed by atoms with E-state index in [1.54, 1.807) is 31.6 Å². The first-order valence-electron chi connectivity index (χ1n) is 10.3. The van der Waals surface area contributed by atoms with Gasteiger partial charge in [-0.3, -0.25) is 9.59 Å². The van der Waals surface area contributed by atoms with Crippen LogP contribution < -0.4 is 0 Å². The predicted molar refractivity (Wildman–Crippen MR) is 115 cm³/mol.